The molecule has 1 fully saturated rings. The quantitative estimate of drug-likeness (QED) is 0.676. The fourth-order valence-corrected chi connectivity index (χ4v) is 4.29. The van der Waals surface area contributed by atoms with Crippen LogP contribution in [0.3, 0.4) is 0 Å². The molecule has 0 amide bonds. The minimum atomic E-state index is -0.250. The second kappa shape index (κ2) is 11.3. The molecule has 2 aromatic heterocycles. The summed E-state index contributed by atoms with van der Waals surface area (Å²) in [6.45, 7) is 10.7. The summed E-state index contributed by atoms with van der Waals surface area (Å²) < 4.78 is 19.3. The third kappa shape index (κ3) is 5.58. The number of ether oxygens (including phenoxy) is 3. The standard InChI is InChI=1S/C22H32N4O3.CH2O2/c1-15(2)25-8-5-17(13-25)14-29-22-19-6-9-28-10-7-20(19)26(24-22)18-11-16(3)21(27-4)23-12-18;2-1-3/h11-12,15,17H,5-10,13-14H2,1-4H3;1H,(H,2,3). The van der Waals surface area contributed by atoms with E-state index in [2.05, 4.69) is 29.8 Å². The lowest BCUT2D eigenvalue weighted by atomic mass is 10.1. The van der Waals surface area contributed by atoms with E-state index in [1.165, 1.54) is 17.7 Å². The summed E-state index contributed by atoms with van der Waals surface area (Å²) >= 11 is 0. The highest BCUT2D eigenvalue weighted by Crippen LogP contribution is 2.30. The normalized spacial score (nSPS) is 18.5. The van der Waals surface area contributed by atoms with Gasteiger partial charge in [0, 0.05) is 42.5 Å². The van der Waals surface area contributed by atoms with E-state index in [-0.39, 0.29) is 6.47 Å². The van der Waals surface area contributed by atoms with E-state index in [9.17, 15) is 0 Å². The lowest BCUT2D eigenvalue weighted by Gasteiger charge is -2.20. The van der Waals surface area contributed by atoms with E-state index in [4.69, 9.17) is 29.2 Å². The second-order valence-electron chi connectivity index (χ2n) is 8.43. The van der Waals surface area contributed by atoms with Gasteiger partial charge in [-0.2, -0.15) is 0 Å². The molecule has 9 nitrogen and oxygen atoms in total. The zero-order chi connectivity index (χ0) is 23.1. The molecule has 0 bridgehead atoms. The predicted octanol–water partition coefficient (Wildman–Crippen LogP) is 2.51. The molecule has 2 aliphatic heterocycles. The number of nitrogens with zero attached hydrogens (tertiary/aromatic N) is 4. The van der Waals surface area contributed by atoms with Gasteiger partial charge in [-0.3, -0.25) is 4.79 Å². The molecule has 32 heavy (non-hydrogen) atoms. The van der Waals surface area contributed by atoms with Crippen LogP contribution in [0.4, 0.5) is 0 Å². The zero-order valence-corrected chi connectivity index (χ0v) is 19.4. The lowest BCUT2D eigenvalue weighted by Crippen LogP contribution is -2.29. The SMILES string of the molecule is COc1ncc(-n2nc(OCC3CCN(C(C)C)C3)c3c2CCOCC3)cc1C.O=CO. The van der Waals surface area contributed by atoms with Crippen LogP contribution in [0.5, 0.6) is 11.8 Å². The first-order valence-corrected chi connectivity index (χ1v) is 11.1. The third-order valence-corrected chi connectivity index (χ3v) is 5.99. The van der Waals surface area contributed by atoms with Gasteiger partial charge >= 0.3 is 0 Å². The van der Waals surface area contributed by atoms with Gasteiger partial charge in [-0.05, 0) is 39.8 Å². The Morgan fingerprint density at radius 3 is 2.72 bits per heavy atom. The number of carboxylic acid groups (broad SMARTS) is 1. The maximum absolute atomic E-state index is 8.36. The summed E-state index contributed by atoms with van der Waals surface area (Å²) in [5.74, 6) is 1.95. The average molecular weight is 447 g/mol. The van der Waals surface area contributed by atoms with Crippen molar-refractivity contribution in [2.45, 2.75) is 46.1 Å². The van der Waals surface area contributed by atoms with Gasteiger partial charge < -0.3 is 24.2 Å². The number of pyridine rings is 1. The molecule has 2 aliphatic rings. The van der Waals surface area contributed by atoms with Crippen LogP contribution < -0.4 is 9.47 Å². The molecule has 4 rings (SSSR count). The van der Waals surface area contributed by atoms with Crippen molar-refractivity contribution in [1.82, 2.24) is 19.7 Å². The third-order valence-electron chi connectivity index (χ3n) is 5.99. The van der Waals surface area contributed by atoms with Crippen LogP contribution in [0.15, 0.2) is 12.3 Å². The van der Waals surface area contributed by atoms with Crippen molar-refractivity contribution in [3.63, 3.8) is 0 Å². The van der Waals surface area contributed by atoms with Crippen LogP contribution in [0.1, 0.15) is 37.1 Å². The number of rotatable bonds is 6. The maximum atomic E-state index is 8.36. The van der Waals surface area contributed by atoms with Gasteiger partial charge in [-0.25, -0.2) is 9.67 Å². The number of hydrogen-bond donors (Lipinski definition) is 1. The number of hydrogen-bond acceptors (Lipinski definition) is 7. The van der Waals surface area contributed by atoms with Gasteiger partial charge in [-0.1, -0.05) is 0 Å². The highest BCUT2D eigenvalue weighted by molar-refractivity contribution is 5.43. The Morgan fingerprint density at radius 2 is 2.06 bits per heavy atom. The topological polar surface area (TPSA) is 98.9 Å². The summed E-state index contributed by atoms with van der Waals surface area (Å²) in [7, 11) is 1.64. The first-order valence-electron chi connectivity index (χ1n) is 11.1. The molecule has 1 saturated heterocycles. The molecule has 1 unspecified atom stereocenters. The molecule has 1 N–H and O–H groups in total. The minimum Gasteiger partial charge on any atom is -0.483 e. The summed E-state index contributed by atoms with van der Waals surface area (Å²) in [4.78, 5) is 15.3. The fraction of sp³-hybridized carbons (Fsp3) is 0.609. The lowest BCUT2D eigenvalue weighted by molar-refractivity contribution is -0.122. The zero-order valence-electron chi connectivity index (χ0n) is 19.4. The number of fused-ring (bicyclic) bond motifs is 1. The summed E-state index contributed by atoms with van der Waals surface area (Å²) in [6.07, 6.45) is 4.65. The molecule has 9 heteroatoms. The van der Waals surface area contributed by atoms with Crippen LogP contribution in [0.2, 0.25) is 0 Å². The van der Waals surface area contributed by atoms with Gasteiger partial charge in [0.05, 0.1) is 44.5 Å². The molecule has 4 heterocycles. The van der Waals surface area contributed by atoms with Crippen LogP contribution in [0.25, 0.3) is 5.69 Å². The Bertz CT molecular complexity index is 899. The van der Waals surface area contributed by atoms with E-state index < -0.39 is 0 Å². The number of aryl methyl sites for hydroxylation is 1. The first-order chi connectivity index (χ1) is 15.5. The van der Waals surface area contributed by atoms with E-state index in [1.807, 2.05) is 17.8 Å². The first kappa shape index (κ1) is 24.0. The number of likely N-dealkylation sites (tertiary alicyclic amines) is 1. The Balaban J connectivity index is 0.000000913. The predicted molar refractivity (Wildman–Crippen MR) is 120 cm³/mol. The van der Waals surface area contributed by atoms with Gasteiger partial charge in [0.15, 0.2) is 0 Å². The van der Waals surface area contributed by atoms with E-state index >= 15 is 0 Å². The van der Waals surface area contributed by atoms with E-state index in [0.29, 0.717) is 37.7 Å². The number of carbonyl (C=O) groups is 1. The van der Waals surface area contributed by atoms with Crippen LogP contribution >= 0.6 is 0 Å². The molecule has 0 spiro atoms. The highest BCUT2D eigenvalue weighted by Gasteiger charge is 2.27. The van der Waals surface area contributed by atoms with Crippen molar-refractivity contribution in [3.05, 3.63) is 29.1 Å². The Hall–Kier alpha value is -2.65. The van der Waals surface area contributed by atoms with Gasteiger partial charge in [0.1, 0.15) is 0 Å². The number of methoxy groups -OCH3 is 1. The molecule has 0 saturated carbocycles. The monoisotopic (exact) mass is 446 g/mol. The van der Waals surface area contributed by atoms with Crippen molar-refractivity contribution >= 4 is 6.47 Å². The highest BCUT2D eigenvalue weighted by atomic mass is 16.5. The van der Waals surface area contributed by atoms with E-state index in [0.717, 1.165) is 43.1 Å². The Morgan fingerprint density at radius 1 is 1.31 bits per heavy atom. The smallest absolute Gasteiger partial charge is 0.290 e. The molecular weight excluding hydrogens is 412 g/mol. The average Bonchev–Trinajstić information content (AvgIpc) is 3.30. The van der Waals surface area contributed by atoms with Crippen molar-refractivity contribution in [1.29, 1.82) is 0 Å². The Labute approximate surface area is 189 Å². The van der Waals surface area contributed by atoms with Crippen LogP contribution in [0, 0.1) is 12.8 Å². The van der Waals surface area contributed by atoms with Crippen LogP contribution in [-0.2, 0) is 22.4 Å². The molecule has 176 valence electrons. The van der Waals surface area contributed by atoms with Gasteiger partial charge in [0.2, 0.25) is 11.8 Å². The number of aromatic nitrogens is 3. The fourth-order valence-electron chi connectivity index (χ4n) is 4.29. The van der Waals surface area contributed by atoms with E-state index in [1.54, 1.807) is 7.11 Å². The molecule has 0 aliphatic carbocycles. The van der Waals surface area contributed by atoms with Crippen molar-refractivity contribution < 1.29 is 24.1 Å². The second-order valence-corrected chi connectivity index (χ2v) is 8.43. The van der Waals surface area contributed by atoms with Crippen molar-refractivity contribution in [2.75, 3.05) is 40.0 Å². The molecule has 0 radical (unpaired) electrons. The largest absolute Gasteiger partial charge is 0.483 e. The van der Waals surface area contributed by atoms with Crippen molar-refractivity contribution in [2.24, 2.45) is 5.92 Å². The molecule has 1 atom stereocenters. The van der Waals surface area contributed by atoms with Crippen LogP contribution in [-0.4, -0.2) is 77.3 Å². The summed E-state index contributed by atoms with van der Waals surface area (Å²) in [5, 5.41) is 11.7. The van der Waals surface area contributed by atoms with Gasteiger partial charge in [0.25, 0.3) is 6.47 Å². The molecule has 2 aromatic rings. The molecular formula is C23H34N4O5. The van der Waals surface area contributed by atoms with Gasteiger partial charge in [-0.15, -0.1) is 5.10 Å². The van der Waals surface area contributed by atoms with Crippen molar-refractivity contribution in [3.8, 4) is 17.4 Å². The summed E-state index contributed by atoms with van der Waals surface area (Å²) in [5.41, 5.74) is 4.26. The Kier molecular flexibility index (Phi) is 8.46. The maximum Gasteiger partial charge on any atom is 0.290 e. The minimum absolute atomic E-state index is 0.250. The molecule has 0 aromatic carbocycles. The summed E-state index contributed by atoms with van der Waals surface area (Å²) in [6, 6.07) is 2.66.